The predicted molar refractivity (Wildman–Crippen MR) is 54.7 cm³/mol. The first-order valence-electron chi connectivity index (χ1n) is 5.28. The summed E-state index contributed by atoms with van der Waals surface area (Å²) in [5, 5.41) is 0. The summed E-state index contributed by atoms with van der Waals surface area (Å²) in [6.45, 7) is 5.35. The molecule has 0 aromatic carbocycles. The molecule has 0 aromatic heterocycles. The number of likely N-dealkylation sites (tertiary alicyclic amines) is 1. The summed E-state index contributed by atoms with van der Waals surface area (Å²) in [6.07, 6.45) is 3.49. The molecule has 13 heavy (non-hydrogen) atoms. The zero-order valence-electron chi connectivity index (χ0n) is 8.83. The third kappa shape index (κ3) is 2.93. The van der Waals surface area contributed by atoms with Crippen LogP contribution in [0.15, 0.2) is 0 Å². The maximum atomic E-state index is 6.09. The largest absolute Gasteiger partial charge is 0.385 e. The number of likely N-dealkylation sites (N-methyl/N-ethyl adjacent to an activating group) is 1. The number of rotatable bonds is 4. The standard InChI is InChI=1S/C10H22N2O/c1-3-12-7-4-5-9(11)10(12)6-8-13-2/h9-10H,3-8,11H2,1-2H3/t9-,10-/m1/s1. The van der Waals surface area contributed by atoms with Gasteiger partial charge in [-0.05, 0) is 32.4 Å². The van der Waals surface area contributed by atoms with Gasteiger partial charge < -0.3 is 10.5 Å². The van der Waals surface area contributed by atoms with Gasteiger partial charge in [0.25, 0.3) is 0 Å². The van der Waals surface area contributed by atoms with Gasteiger partial charge in [0.1, 0.15) is 0 Å². The molecule has 0 spiro atoms. The van der Waals surface area contributed by atoms with Gasteiger partial charge in [-0.1, -0.05) is 6.92 Å². The van der Waals surface area contributed by atoms with Crippen LogP contribution in [-0.4, -0.2) is 43.8 Å². The maximum Gasteiger partial charge on any atom is 0.0477 e. The van der Waals surface area contributed by atoms with E-state index < -0.39 is 0 Å². The van der Waals surface area contributed by atoms with Crippen molar-refractivity contribution in [3.05, 3.63) is 0 Å². The maximum absolute atomic E-state index is 6.09. The van der Waals surface area contributed by atoms with Crippen molar-refractivity contribution in [2.24, 2.45) is 5.73 Å². The Bertz CT molecular complexity index is 141. The van der Waals surface area contributed by atoms with Crippen LogP contribution in [0.5, 0.6) is 0 Å². The van der Waals surface area contributed by atoms with Gasteiger partial charge in [-0.3, -0.25) is 4.90 Å². The lowest BCUT2D eigenvalue weighted by Crippen LogP contribution is -2.52. The second-order valence-corrected chi connectivity index (χ2v) is 3.78. The lowest BCUT2D eigenvalue weighted by Gasteiger charge is -2.39. The van der Waals surface area contributed by atoms with E-state index in [1.807, 2.05) is 0 Å². The molecule has 0 radical (unpaired) electrons. The Kier molecular flexibility index (Phi) is 4.70. The summed E-state index contributed by atoms with van der Waals surface area (Å²) in [4.78, 5) is 2.48. The van der Waals surface area contributed by atoms with E-state index in [1.54, 1.807) is 7.11 Å². The topological polar surface area (TPSA) is 38.5 Å². The van der Waals surface area contributed by atoms with Gasteiger partial charge in [0.05, 0.1) is 0 Å². The first kappa shape index (κ1) is 11.0. The second-order valence-electron chi connectivity index (χ2n) is 3.78. The number of ether oxygens (including phenoxy) is 1. The Morgan fingerprint density at radius 3 is 2.92 bits per heavy atom. The molecule has 0 amide bonds. The van der Waals surface area contributed by atoms with Crippen LogP contribution in [0, 0.1) is 0 Å². The first-order valence-corrected chi connectivity index (χ1v) is 5.28. The molecule has 0 aliphatic carbocycles. The number of nitrogens with zero attached hydrogens (tertiary/aromatic N) is 1. The number of methoxy groups -OCH3 is 1. The summed E-state index contributed by atoms with van der Waals surface area (Å²) in [7, 11) is 1.75. The van der Waals surface area contributed by atoms with Crippen molar-refractivity contribution in [1.29, 1.82) is 0 Å². The Labute approximate surface area is 81.2 Å². The molecule has 1 heterocycles. The van der Waals surface area contributed by atoms with E-state index in [0.29, 0.717) is 12.1 Å². The van der Waals surface area contributed by atoms with Gasteiger partial charge in [-0.2, -0.15) is 0 Å². The third-order valence-electron chi connectivity index (χ3n) is 2.97. The van der Waals surface area contributed by atoms with E-state index in [9.17, 15) is 0 Å². The SMILES string of the molecule is CCN1CCC[C@@H](N)[C@H]1CCOC. The van der Waals surface area contributed by atoms with Gasteiger partial charge in [-0.15, -0.1) is 0 Å². The molecular formula is C10H22N2O. The summed E-state index contributed by atoms with van der Waals surface area (Å²) < 4.78 is 5.10. The van der Waals surface area contributed by atoms with Crippen LogP contribution < -0.4 is 5.73 Å². The predicted octanol–water partition coefficient (Wildman–Crippen LogP) is 0.834. The van der Waals surface area contributed by atoms with Crippen LogP contribution in [0.1, 0.15) is 26.2 Å². The average Bonchev–Trinajstić information content (AvgIpc) is 2.15. The monoisotopic (exact) mass is 186 g/mol. The van der Waals surface area contributed by atoms with E-state index in [1.165, 1.54) is 19.4 Å². The molecule has 0 unspecified atom stereocenters. The average molecular weight is 186 g/mol. The summed E-state index contributed by atoms with van der Waals surface area (Å²) >= 11 is 0. The van der Waals surface area contributed by atoms with Crippen molar-refractivity contribution in [1.82, 2.24) is 4.90 Å². The molecular weight excluding hydrogens is 164 g/mol. The van der Waals surface area contributed by atoms with E-state index in [-0.39, 0.29) is 0 Å². The highest BCUT2D eigenvalue weighted by Gasteiger charge is 2.27. The minimum absolute atomic E-state index is 0.351. The molecule has 3 nitrogen and oxygen atoms in total. The molecule has 1 aliphatic heterocycles. The highest BCUT2D eigenvalue weighted by Crippen LogP contribution is 2.18. The van der Waals surface area contributed by atoms with Crippen molar-refractivity contribution in [3.63, 3.8) is 0 Å². The van der Waals surface area contributed by atoms with Gasteiger partial charge in [0.2, 0.25) is 0 Å². The summed E-state index contributed by atoms with van der Waals surface area (Å²) in [6, 6.07) is 0.891. The van der Waals surface area contributed by atoms with Crippen LogP contribution >= 0.6 is 0 Å². The number of nitrogens with two attached hydrogens (primary N) is 1. The normalized spacial score (nSPS) is 30.7. The van der Waals surface area contributed by atoms with Gasteiger partial charge >= 0.3 is 0 Å². The zero-order chi connectivity index (χ0) is 9.68. The number of hydrogen-bond donors (Lipinski definition) is 1. The van der Waals surface area contributed by atoms with Gasteiger partial charge in [-0.25, -0.2) is 0 Å². The van der Waals surface area contributed by atoms with Crippen molar-refractivity contribution in [3.8, 4) is 0 Å². The van der Waals surface area contributed by atoms with E-state index >= 15 is 0 Å². The Morgan fingerprint density at radius 1 is 1.54 bits per heavy atom. The fourth-order valence-corrected chi connectivity index (χ4v) is 2.19. The quantitative estimate of drug-likeness (QED) is 0.707. The smallest absolute Gasteiger partial charge is 0.0477 e. The highest BCUT2D eigenvalue weighted by atomic mass is 16.5. The molecule has 3 heteroatoms. The molecule has 2 atom stereocenters. The van der Waals surface area contributed by atoms with Crippen LogP contribution in [0.4, 0.5) is 0 Å². The molecule has 0 bridgehead atoms. The molecule has 2 N–H and O–H groups in total. The number of piperidine rings is 1. The Balaban J connectivity index is 2.41. The minimum atomic E-state index is 0.351. The molecule has 0 aromatic rings. The lowest BCUT2D eigenvalue weighted by molar-refractivity contribution is 0.0935. The van der Waals surface area contributed by atoms with Crippen LogP contribution in [-0.2, 0) is 4.74 Å². The van der Waals surface area contributed by atoms with Crippen LogP contribution in [0.25, 0.3) is 0 Å². The van der Waals surface area contributed by atoms with Crippen molar-refractivity contribution in [2.45, 2.75) is 38.3 Å². The second kappa shape index (κ2) is 5.58. The molecule has 1 fully saturated rings. The van der Waals surface area contributed by atoms with Crippen molar-refractivity contribution >= 4 is 0 Å². The lowest BCUT2D eigenvalue weighted by atomic mass is 9.95. The first-order chi connectivity index (χ1) is 6.29. The Morgan fingerprint density at radius 2 is 2.31 bits per heavy atom. The summed E-state index contributed by atoms with van der Waals surface area (Å²) in [5.41, 5.74) is 6.09. The fraction of sp³-hybridized carbons (Fsp3) is 1.00. The van der Waals surface area contributed by atoms with Crippen LogP contribution in [0.2, 0.25) is 0 Å². The molecule has 1 aliphatic rings. The molecule has 0 saturated carbocycles. The van der Waals surface area contributed by atoms with E-state index in [0.717, 1.165) is 19.6 Å². The van der Waals surface area contributed by atoms with E-state index in [4.69, 9.17) is 10.5 Å². The number of hydrogen-bond acceptors (Lipinski definition) is 3. The molecule has 1 saturated heterocycles. The van der Waals surface area contributed by atoms with Crippen molar-refractivity contribution in [2.75, 3.05) is 26.8 Å². The summed E-state index contributed by atoms with van der Waals surface area (Å²) in [5.74, 6) is 0. The van der Waals surface area contributed by atoms with Gasteiger partial charge in [0.15, 0.2) is 0 Å². The van der Waals surface area contributed by atoms with E-state index in [2.05, 4.69) is 11.8 Å². The fourth-order valence-electron chi connectivity index (χ4n) is 2.19. The van der Waals surface area contributed by atoms with Crippen LogP contribution in [0.3, 0.4) is 0 Å². The molecule has 1 rings (SSSR count). The minimum Gasteiger partial charge on any atom is -0.385 e. The molecule has 78 valence electrons. The zero-order valence-corrected chi connectivity index (χ0v) is 8.83. The third-order valence-corrected chi connectivity index (χ3v) is 2.97. The van der Waals surface area contributed by atoms with Crippen molar-refractivity contribution < 1.29 is 4.74 Å². The highest BCUT2D eigenvalue weighted by molar-refractivity contribution is 4.86. The Hall–Kier alpha value is -0.120. The van der Waals surface area contributed by atoms with Gasteiger partial charge in [0, 0.05) is 25.8 Å².